The van der Waals surface area contributed by atoms with Crippen molar-refractivity contribution in [3.63, 3.8) is 0 Å². The van der Waals surface area contributed by atoms with Crippen LogP contribution in [-0.2, 0) is 11.4 Å². The summed E-state index contributed by atoms with van der Waals surface area (Å²) in [5.74, 6) is 0.504. The predicted octanol–water partition coefficient (Wildman–Crippen LogP) is 4.48. The summed E-state index contributed by atoms with van der Waals surface area (Å²) in [6, 6.07) is 13.6. The lowest BCUT2D eigenvalue weighted by atomic mass is 10.1. The molecule has 3 rings (SSSR count). The highest BCUT2D eigenvalue weighted by atomic mass is 127. The van der Waals surface area contributed by atoms with Crippen LogP contribution in [0.4, 0.5) is 4.79 Å². The minimum atomic E-state index is -0.360. The number of imide groups is 1. The highest BCUT2D eigenvalue weighted by Crippen LogP contribution is 2.25. The number of halogens is 1. The van der Waals surface area contributed by atoms with Crippen LogP contribution in [0.15, 0.2) is 48.2 Å². The Labute approximate surface area is 172 Å². The van der Waals surface area contributed by atoms with Gasteiger partial charge in [0.25, 0.3) is 5.91 Å². The molecule has 1 saturated heterocycles. The first-order valence-electron chi connectivity index (χ1n) is 8.80. The summed E-state index contributed by atoms with van der Waals surface area (Å²) in [5, 5.41) is 2.64. The van der Waals surface area contributed by atoms with Crippen LogP contribution in [0.5, 0.6) is 5.75 Å². The maximum atomic E-state index is 12.3. The second-order valence-electron chi connectivity index (χ2n) is 6.41. The fourth-order valence-electron chi connectivity index (χ4n) is 2.73. The third kappa shape index (κ3) is 4.68. The Hall–Kier alpha value is -2.35. The highest BCUT2D eigenvalue weighted by Gasteiger charge is 2.32. The van der Waals surface area contributed by atoms with Gasteiger partial charge in [0.05, 0.1) is 3.57 Å². The van der Waals surface area contributed by atoms with Crippen LogP contribution in [0.25, 0.3) is 6.08 Å². The van der Waals surface area contributed by atoms with Crippen molar-refractivity contribution in [2.24, 2.45) is 0 Å². The summed E-state index contributed by atoms with van der Waals surface area (Å²) in [6.07, 6.45) is 2.43. The molecule has 5 nitrogen and oxygen atoms in total. The van der Waals surface area contributed by atoms with E-state index in [0.29, 0.717) is 18.8 Å². The number of hydrogen-bond donors (Lipinski definition) is 1. The number of aryl methyl sites for hydroxylation is 1. The van der Waals surface area contributed by atoms with Crippen molar-refractivity contribution in [2.75, 3.05) is 6.54 Å². The molecule has 1 heterocycles. The van der Waals surface area contributed by atoms with Gasteiger partial charge in [0, 0.05) is 6.54 Å². The molecule has 0 unspecified atom stereocenters. The molecule has 1 fully saturated rings. The molecule has 0 aromatic heterocycles. The van der Waals surface area contributed by atoms with Gasteiger partial charge in [-0.2, -0.15) is 0 Å². The van der Waals surface area contributed by atoms with E-state index >= 15 is 0 Å². The molecule has 1 N–H and O–H groups in total. The van der Waals surface area contributed by atoms with Crippen LogP contribution >= 0.6 is 22.6 Å². The zero-order valence-corrected chi connectivity index (χ0v) is 17.4. The topological polar surface area (TPSA) is 58.6 Å². The van der Waals surface area contributed by atoms with Crippen molar-refractivity contribution in [3.05, 3.63) is 68.4 Å². The van der Waals surface area contributed by atoms with E-state index in [1.165, 1.54) is 10.5 Å². The molecule has 0 atom stereocenters. The van der Waals surface area contributed by atoms with E-state index in [-0.39, 0.29) is 11.9 Å². The second-order valence-corrected chi connectivity index (χ2v) is 7.57. The Morgan fingerprint density at radius 3 is 2.56 bits per heavy atom. The number of nitrogens with zero attached hydrogens (tertiary/aromatic N) is 1. The summed E-state index contributed by atoms with van der Waals surface area (Å²) in [6.45, 7) is 4.91. The number of ether oxygens (including phenoxy) is 1. The van der Waals surface area contributed by atoms with Crippen LogP contribution in [0.2, 0.25) is 0 Å². The second kappa shape index (κ2) is 8.56. The van der Waals surface area contributed by atoms with E-state index in [2.05, 4.69) is 59.1 Å². The number of carbonyl (C=O) groups is 2. The summed E-state index contributed by atoms with van der Waals surface area (Å²) >= 11 is 2.21. The number of nitrogens with one attached hydrogen (secondary N) is 1. The van der Waals surface area contributed by atoms with E-state index in [1.807, 2.05) is 25.1 Å². The van der Waals surface area contributed by atoms with Crippen LogP contribution in [0.3, 0.4) is 0 Å². The number of benzene rings is 2. The van der Waals surface area contributed by atoms with E-state index in [4.69, 9.17) is 4.74 Å². The molecule has 1 aliphatic rings. The molecule has 140 valence electrons. The van der Waals surface area contributed by atoms with E-state index in [1.54, 1.807) is 6.08 Å². The lowest BCUT2D eigenvalue weighted by Crippen LogP contribution is -2.31. The maximum Gasteiger partial charge on any atom is 0.329 e. The first kappa shape index (κ1) is 19.4. The van der Waals surface area contributed by atoms with Gasteiger partial charge >= 0.3 is 6.03 Å². The van der Waals surface area contributed by atoms with Crippen molar-refractivity contribution in [1.29, 1.82) is 0 Å². The molecule has 0 spiro atoms. The van der Waals surface area contributed by atoms with Gasteiger partial charge in [-0.05, 0) is 65.3 Å². The van der Waals surface area contributed by atoms with Gasteiger partial charge in [-0.25, -0.2) is 4.79 Å². The molecule has 3 amide bonds. The van der Waals surface area contributed by atoms with Gasteiger partial charge in [0.15, 0.2) is 0 Å². The molecule has 27 heavy (non-hydrogen) atoms. The minimum absolute atomic E-state index is 0.281. The van der Waals surface area contributed by atoms with E-state index < -0.39 is 0 Å². The largest absolute Gasteiger partial charge is 0.488 e. The van der Waals surface area contributed by atoms with Crippen LogP contribution in [0.1, 0.15) is 30.0 Å². The van der Waals surface area contributed by atoms with Gasteiger partial charge < -0.3 is 10.1 Å². The lowest BCUT2D eigenvalue weighted by molar-refractivity contribution is -0.122. The quantitative estimate of drug-likeness (QED) is 0.380. The van der Waals surface area contributed by atoms with Gasteiger partial charge in [-0.1, -0.05) is 42.8 Å². The molecular weight excluding hydrogens is 455 g/mol. The molecule has 0 radical (unpaired) electrons. The zero-order valence-electron chi connectivity index (χ0n) is 15.3. The summed E-state index contributed by atoms with van der Waals surface area (Å²) in [4.78, 5) is 25.4. The van der Waals surface area contributed by atoms with Crippen LogP contribution in [-0.4, -0.2) is 23.4 Å². The number of hydrogen-bond acceptors (Lipinski definition) is 3. The number of urea groups is 1. The van der Waals surface area contributed by atoms with E-state index in [0.717, 1.165) is 26.9 Å². The molecule has 0 aliphatic carbocycles. The Kier molecular flexibility index (Phi) is 6.15. The van der Waals surface area contributed by atoms with Gasteiger partial charge in [0.1, 0.15) is 18.1 Å². The molecule has 2 aromatic carbocycles. The fraction of sp³-hybridized carbons (Fsp3) is 0.238. The van der Waals surface area contributed by atoms with Crippen LogP contribution in [0, 0.1) is 10.5 Å². The fourth-order valence-corrected chi connectivity index (χ4v) is 3.43. The summed E-state index contributed by atoms with van der Waals surface area (Å²) < 4.78 is 6.84. The molecule has 2 aromatic rings. The zero-order chi connectivity index (χ0) is 19.4. The Balaban J connectivity index is 1.70. The van der Waals surface area contributed by atoms with Crippen molar-refractivity contribution in [2.45, 2.75) is 26.9 Å². The highest BCUT2D eigenvalue weighted by molar-refractivity contribution is 14.1. The molecule has 0 bridgehead atoms. The van der Waals surface area contributed by atoms with Crippen molar-refractivity contribution < 1.29 is 14.3 Å². The summed E-state index contributed by atoms with van der Waals surface area (Å²) in [7, 11) is 0. The Morgan fingerprint density at radius 1 is 1.15 bits per heavy atom. The number of carbonyl (C=O) groups excluding carboxylic acids is 2. The average Bonchev–Trinajstić information content (AvgIpc) is 2.90. The molecule has 0 saturated carbocycles. The molecule has 6 heteroatoms. The Bertz CT molecular complexity index is 891. The maximum absolute atomic E-state index is 12.3. The van der Waals surface area contributed by atoms with Gasteiger partial charge in [0.2, 0.25) is 0 Å². The first-order valence-corrected chi connectivity index (χ1v) is 9.88. The lowest BCUT2D eigenvalue weighted by Gasteiger charge is -2.10. The van der Waals surface area contributed by atoms with Crippen molar-refractivity contribution >= 4 is 40.6 Å². The molecular formula is C21H21IN2O3. The van der Waals surface area contributed by atoms with E-state index in [9.17, 15) is 9.59 Å². The van der Waals surface area contributed by atoms with Crippen molar-refractivity contribution in [3.8, 4) is 5.75 Å². The van der Waals surface area contributed by atoms with Crippen LogP contribution < -0.4 is 10.1 Å². The van der Waals surface area contributed by atoms with Gasteiger partial charge in [-0.15, -0.1) is 0 Å². The number of rotatable bonds is 6. The minimum Gasteiger partial charge on any atom is -0.488 e. The normalized spacial score (nSPS) is 15.4. The standard InChI is InChI=1S/C21H21IN2O3/c1-3-10-24-20(25)18(23-21(24)26)12-16-8-9-19(17(22)11-16)27-13-15-6-4-14(2)5-7-15/h4-9,11-12H,3,10,13H2,1-2H3,(H,23,26)/b18-12+. The average molecular weight is 476 g/mol. The summed E-state index contributed by atoms with van der Waals surface area (Å²) in [5.41, 5.74) is 3.47. The third-order valence-electron chi connectivity index (χ3n) is 4.19. The smallest absolute Gasteiger partial charge is 0.329 e. The molecule has 1 aliphatic heterocycles. The van der Waals surface area contributed by atoms with Gasteiger partial charge in [-0.3, -0.25) is 9.69 Å². The van der Waals surface area contributed by atoms with Crippen molar-refractivity contribution in [1.82, 2.24) is 10.2 Å². The SMILES string of the molecule is CCCN1C(=O)N/C(=C/c2ccc(OCc3ccc(C)cc3)c(I)c2)C1=O. The monoisotopic (exact) mass is 476 g/mol. The third-order valence-corrected chi connectivity index (χ3v) is 5.03. The number of amides is 3. The Morgan fingerprint density at radius 2 is 1.89 bits per heavy atom. The predicted molar refractivity (Wildman–Crippen MR) is 113 cm³/mol. The first-order chi connectivity index (χ1) is 13.0.